The van der Waals surface area contributed by atoms with Crippen LogP contribution in [0.15, 0.2) is 30.6 Å². The summed E-state index contributed by atoms with van der Waals surface area (Å²) in [5, 5.41) is 17.3. The van der Waals surface area contributed by atoms with Gasteiger partial charge in [0.2, 0.25) is 5.91 Å². The Morgan fingerprint density at radius 3 is 3.05 bits per heavy atom. The van der Waals surface area contributed by atoms with Gasteiger partial charge in [-0.1, -0.05) is 11.6 Å². The first-order chi connectivity index (χ1) is 9.04. The number of primary amides is 1. The third-order valence-corrected chi connectivity index (χ3v) is 2.71. The van der Waals surface area contributed by atoms with Gasteiger partial charge in [-0.15, -0.1) is 0 Å². The summed E-state index contributed by atoms with van der Waals surface area (Å²) in [5.41, 5.74) is 6.47. The summed E-state index contributed by atoms with van der Waals surface area (Å²) >= 11 is 5.85. The maximum Gasteiger partial charge on any atom is 0.239 e. The molecule has 2 aromatic rings. The van der Waals surface area contributed by atoms with E-state index < -0.39 is 5.91 Å². The van der Waals surface area contributed by atoms with Crippen LogP contribution in [0.5, 0.6) is 5.75 Å². The van der Waals surface area contributed by atoms with Gasteiger partial charge < -0.3 is 16.2 Å². The molecule has 19 heavy (non-hydrogen) atoms. The third-order valence-electron chi connectivity index (χ3n) is 2.48. The Bertz CT molecular complexity index is 597. The quantitative estimate of drug-likeness (QED) is 0.770. The van der Waals surface area contributed by atoms with Gasteiger partial charge in [-0.2, -0.15) is 5.10 Å². The first kappa shape index (κ1) is 13.2. The fourth-order valence-electron chi connectivity index (χ4n) is 1.59. The molecule has 100 valence electrons. The zero-order valence-electron chi connectivity index (χ0n) is 10.0. The second kappa shape index (κ2) is 5.62. The van der Waals surface area contributed by atoms with Crippen LogP contribution >= 0.6 is 11.6 Å². The van der Waals surface area contributed by atoms with Crippen LogP contribution in [0.3, 0.4) is 0 Å². The van der Waals surface area contributed by atoms with E-state index in [0.29, 0.717) is 17.1 Å². The largest absolute Gasteiger partial charge is 0.508 e. The maximum absolute atomic E-state index is 10.7. The lowest BCUT2D eigenvalue weighted by Gasteiger charge is -2.06. The van der Waals surface area contributed by atoms with Crippen molar-refractivity contribution in [2.75, 3.05) is 5.32 Å². The van der Waals surface area contributed by atoms with E-state index in [0.717, 1.165) is 5.69 Å². The van der Waals surface area contributed by atoms with E-state index >= 15 is 0 Å². The van der Waals surface area contributed by atoms with Crippen LogP contribution in [0, 0.1) is 0 Å². The molecule has 7 heteroatoms. The van der Waals surface area contributed by atoms with Gasteiger partial charge in [0.25, 0.3) is 0 Å². The Morgan fingerprint density at radius 1 is 1.53 bits per heavy atom. The van der Waals surface area contributed by atoms with Gasteiger partial charge in [-0.3, -0.25) is 9.48 Å². The number of aromatic nitrogens is 2. The van der Waals surface area contributed by atoms with E-state index in [2.05, 4.69) is 10.4 Å². The molecule has 0 aliphatic heterocycles. The summed E-state index contributed by atoms with van der Waals surface area (Å²) in [7, 11) is 0. The van der Waals surface area contributed by atoms with Crippen LogP contribution in [-0.4, -0.2) is 20.8 Å². The summed E-state index contributed by atoms with van der Waals surface area (Å²) in [6, 6.07) is 4.83. The molecule has 2 rings (SSSR count). The van der Waals surface area contributed by atoms with Gasteiger partial charge in [0.1, 0.15) is 12.3 Å². The molecule has 4 N–H and O–H groups in total. The molecule has 0 atom stereocenters. The molecular formula is C12H13ClN4O2. The SMILES string of the molecule is NC(=O)Cn1cc(NCc2cc(Cl)ccc2O)cn1. The average Bonchev–Trinajstić information content (AvgIpc) is 2.77. The van der Waals surface area contributed by atoms with Crippen LogP contribution in [0.25, 0.3) is 0 Å². The van der Waals surface area contributed by atoms with Crippen molar-refractivity contribution in [2.45, 2.75) is 13.1 Å². The lowest BCUT2D eigenvalue weighted by Crippen LogP contribution is -2.18. The highest BCUT2D eigenvalue weighted by Crippen LogP contribution is 2.22. The molecule has 6 nitrogen and oxygen atoms in total. The number of benzene rings is 1. The highest BCUT2D eigenvalue weighted by Gasteiger charge is 2.04. The van der Waals surface area contributed by atoms with Crippen LogP contribution in [0.2, 0.25) is 5.02 Å². The van der Waals surface area contributed by atoms with Crippen LogP contribution in [-0.2, 0) is 17.9 Å². The number of hydrogen-bond acceptors (Lipinski definition) is 4. The van der Waals surface area contributed by atoms with Crippen LogP contribution in [0.1, 0.15) is 5.56 Å². The molecule has 0 aliphatic rings. The standard InChI is InChI=1S/C12H13ClN4O2/c13-9-1-2-11(18)8(3-9)4-15-10-5-16-17(6-10)7-12(14)19/h1-3,5-6,15,18H,4,7H2,(H2,14,19). The molecular weight excluding hydrogens is 268 g/mol. The zero-order valence-corrected chi connectivity index (χ0v) is 10.8. The van der Waals surface area contributed by atoms with Crippen LogP contribution < -0.4 is 11.1 Å². The molecule has 0 radical (unpaired) electrons. The Morgan fingerprint density at radius 2 is 2.32 bits per heavy atom. The highest BCUT2D eigenvalue weighted by atomic mass is 35.5. The summed E-state index contributed by atoms with van der Waals surface area (Å²) in [5.74, 6) is -0.288. The Kier molecular flexibility index (Phi) is 3.91. The molecule has 1 aromatic heterocycles. The Labute approximate surface area is 114 Å². The number of nitrogens with zero attached hydrogens (tertiary/aromatic N) is 2. The van der Waals surface area contributed by atoms with Gasteiger partial charge >= 0.3 is 0 Å². The molecule has 0 spiro atoms. The minimum Gasteiger partial charge on any atom is -0.508 e. The van der Waals surface area contributed by atoms with E-state index in [1.165, 1.54) is 10.7 Å². The van der Waals surface area contributed by atoms with Crippen molar-refractivity contribution in [3.63, 3.8) is 0 Å². The van der Waals surface area contributed by atoms with Crippen LogP contribution in [0.4, 0.5) is 5.69 Å². The van der Waals surface area contributed by atoms with Crippen molar-refractivity contribution >= 4 is 23.2 Å². The molecule has 0 saturated heterocycles. The number of aromatic hydroxyl groups is 1. The monoisotopic (exact) mass is 280 g/mol. The van der Waals surface area contributed by atoms with Gasteiger partial charge in [0, 0.05) is 23.3 Å². The van der Waals surface area contributed by atoms with Crippen molar-refractivity contribution in [1.29, 1.82) is 0 Å². The normalized spacial score (nSPS) is 10.4. The molecule has 1 heterocycles. The number of anilines is 1. The van der Waals surface area contributed by atoms with E-state index in [4.69, 9.17) is 17.3 Å². The summed E-state index contributed by atoms with van der Waals surface area (Å²) < 4.78 is 1.43. The van der Waals surface area contributed by atoms with Crippen molar-refractivity contribution in [3.8, 4) is 5.75 Å². The Balaban J connectivity index is 2.00. The molecule has 0 saturated carbocycles. The molecule has 0 fully saturated rings. The number of hydrogen-bond donors (Lipinski definition) is 3. The number of halogens is 1. The first-order valence-corrected chi connectivity index (χ1v) is 5.94. The number of amides is 1. The van der Waals surface area contributed by atoms with Crippen molar-refractivity contribution < 1.29 is 9.90 Å². The van der Waals surface area contributed by atoms with Gasteiger partial charge in [0.15, 0.2) is 0 Å². The van der Waals surface area contributed by atoms with E-state index in [1.54, 1.807) is 24.5 Å². The van der Waals surface area contributed by atoms with Crippen molar-refractivity contribution in [1.82, 2.24) is 9.78 Å². The number of nitrogens with one attached hydrogen (secondary N) is 1. The number of nitrogens with two attached hydrogens (primary N) is 1. The minimum atomic E-state index is -0.456. The second-order valence-corrected chi connectivity index (χ2v) is 4.46. The van der Waals surface area contributed by atoms with E-state index in [1.807, 2.05) is 0 Å². The van der Waals surface area contributed by atoms with E-state index in [9.17, 15) is 9.90 Å². The lowest BCUT2D eigenvalue weighted by atomic mass is 10.2. The summed E-state index contributed by atoms with van der Waals surface area (Å²) in [6.45, 7) is 0.429. The van der Waals surface area contributed by atoms with Crippen molar-refractivity contribution in [3.05, 3.63) is 41.2 Å². The minimum absolute atomic E-state index is 0.0318. The smallest absolute Gasteiger partial charge is 0.239 e. The zero-order chi connectivity index (χ0) is 13.8. The number of rotatable bonds is 5. The number of carbonyl (C=O) groups excluding carboxylic acids is 1. The molecule has 0 aliphatic carbocycles. The highest BCUT2D eigenvalue weighted by molar-refractivity contribution is 6.30. The van der Waals surface area contributed by atoms with Gasteiger partial charge in [-0.25, -0.2) is 0 Å². The average molecular weight is 281 g/mol. The molecule has 1 aromatic carbocycles. The third kappa shape index (κ3) is 3.62. The maximum atomic E-state index is 10.7. The fraction of sp³-hybridized carbons (Fsp3) is 0.167. The van der Waals surface area contributed by atoms with Gasteiger partial charge in [-0.05, 0) is 18.2 Å². The van der Waals surface area contributed by atoms with E-state index in [-0.39, 0.29) is 12.3 Å². The van der Waals surface area contributed by atoms with Gasteiger partial charge in [0.05, 0.1) is 11.9 Å². The Hall–Kier alpha value is -2.21. The number of phenolic OH excluding ortho intramolecular Hbond substituents is 1. The summed E-state index contributed by atoms with van der Waals surface area (Å²) in [6.07, 6.45) is 3.23. The van der Waals surface area contributed by atoms with Crippen molar-refractivity contribution in [2.24, 2.45) is 5.73 Å². The predicted molar refractivity (Wildman–Crippen MR) is 71.9 cm³/mol. The summed E-state index contributed by atoms with van der Waals surface area (Å²) in [4.78, 5) is 10.7. The lowest BCUT2D eigenvalue weighted by molar-refractivity contribution is -0.118. The number of carbonyl (C=O) groups is 1. The first-order valence-electron chi connectivity index (χ1n) is 5.56. The predicted octanol–water partition coefficient (Wildman–Crippen LogP) is 1.34. The molecule has 1 amide bonds. The number of phenols is 1. The molecule has 0 bridgehead atoms. The second-order valence-electron chi connectivity index (χ2n) is 4.02. The topological polar surface area (TPSA) is 93.2 Å². The fourth-order valence-corrected chi connectivity index (χ4v) is 1.79. The molecule has 0 unspecified atom stereocenters.